The lowest BCUT2D eigenvalue weighted by Crippen LogP contribution is -2.55. The minimum atomic E-state index is -0.182. The van der Waals surface area contributed by atoms with Crippen LogP contribution in [-0.4, -0.2) is 48.4 Å². The Bertz CT molecular complexity index is 1030. The molecule has 0 radical (unpaired) electrons. The smallest absolute Gasteiger partial charge is 0.241 e. The third-order valence-corrected chi connectivity index (χ3v) is 9.13. The van der Waals surface area contributed by atoms with E-state index in [2.05, 4.69) is 28.6 Å². The summed E-state index contributed by atoms with van der Waals surface area (Å²) in [5.41, 5.74) is 2.25. The summed E-state index contributed by atoms with van der Waals surface area (Å²) in [4.78, 5) is 31.4. The number of hydrogen-bond acceptors (Lipinski definition) is 3. The summed E-state index contributed by atoms with van der Waals surface area (Å²) in [7, 11) is 1.69. The molecule has 2 amide bonds. The molecule has 1 aliphatic heterocycles. The molecule has 33 heavy (non-hydrogen) atoms. The van der Waals surface area contributed by atoms with Crippen molar-refractivity contribution in [3.05, 3.63) is 30.0 Å². The fraction of sp³-hybridized carbons (Fsp3) is 0.630. The lowest BCUT2D eigenvalue weighted by molar-refractivity contribution is -0.148. The first-order chi connectivity index (χ1) is 16.0. The summed E-state index contributed by atoms with van der Waals surface area (Å²) in [5, 5.41) is 4.27. The number of nitrogens with zero attached hydrogens (tertiary/aromatic N) is 1. The van der Waals surface area contributed by atoms with E-state index in [-0.39, 0.29) is 23.8 Å². The number of fused-ring (bicyclic) bond motifs is 1. The van der Waals surface area contributed by atoms with Gasteiger partial charge in [0.05, 0.1) is 13.7 Å². The molecule has 0 unspecified atom stereocenters. The molecule has 6 heteroatoms. The highest BCUT2D eigenvalue weighted by Crippen LogP contribution is 2.60. The molecule has 5 fully saturated rings. The van der Waals surface area contributed by atoms with Crippen LogP contribution in [0.5, 0.6) is 5.75 Å². The van der Waals surface area contributed by atoms with E-state index < -0.39 is 0 Å². The Balaban J connectivity index is 1.04. The minimum absolute atomic E-state index is 0.0622. The quantitative estimate of drug-likeness (QED) is 0.718. The molecule has 1 aromatic carbocycles. The first kappa shape index (κ1) is 21.1. The number of piperidine rings is 1. The van der Waals surface area contributed by atoms with E-state index in [1.165, 1.54) is 30.2 Å². The Hall–Kier alpha value is -2.50. The fourth-order valence-corrected chi connectivity index (χ4v) is 7.87. The van der Waals surface area contributed by atoms with Crippen molar-refractivity contribution in [2.24, 2.45) is 23.2 Å². The van der Waals surface area contributed by atoms with Crippen molar-refractivity contribution in [3.8, 4) is 5.75 Å². The molecular formula is C27H35N3O3. The molecule has 0 atom stereocenters. The molecule has 1 saturated heterocycles. The molecule has 1 aromatic heterocycles. The molecule has 2 N–H and O–H groups in total. The number of H-pyrrole nitrogens is 1. The monoisotopic (exact) mass is 449 g/mol. The Kier molecular flexibility index (Phi) is 5.15. The number of benzene rings is 1. The molecule has 2 aromatic rings. The maximum absolute atomic E-state index is 13.2. The Morgan fingerprint density at radius 2 is 1.76 bits per heavy atom. The van der Waals surface area contributed by atoms with Gasteiger partial charge in [0.2, 0.25) is 11.8 Å². The molecule has 2 heterocycles. The lowest BCUT2D eigenvalue weighted by atomic mass is 9.49. The molecule has 4 saturated carbocycles. The van der Waals surface area contributed by atoms with Crippen molar-refractivity contribution >= 4 is 22.7 Å². The Morgan fingerprint density at radius 1 is 1.09 bits per heavy atom. The largest absolute Gasteiger partial charge is 0.497 e. The van der Waals surface area contributed by atoms with Crippen LogP contribution in [0, 0.1) is 23.2 Å². The maximum Gasteiger partial charge on any atom is 0.241 e. The van der Waals surface area contributed by atoms with Crippen molar-refractivity contribution in [3.63, 3.8) is 0 Å². The number of likely N-dealkylation sites (tertiary alicyclic amines) is 1. The summed E-state index contributed by atoms with van der Waals surface area (Å²) >= 11 is 0. The highest BCUT2D eigenvalue weighted by molar-refractivity contribution is 5.88. The first-order valence-corrected chi connectivity index (χ1v) is 12.7. The summed E-state index contributed by atoms with van der Waals surface area (Å²) < 4.78 is 5.40. The Labute approximate surface area is 195 Å². The third kappa shape index (κ3) is 3.71. The topological polar surface area (TPSA) is 74.4 Å². The van der Waals surface area contributed by atoms with Gasteiger partial charge in [0.25, 0.3) is 0 Å². The highest BCUT2D eigenvalue weighted by atomic mass is 16.5. The standard InChI is InChI=1S/C27H35N3O3/c1-33-21-2-3-24-22(11-21)23(15-28-24)20-4-6-30(7-5-20)25(31)16-29-26(32)27-12-17-8-18(13-27)10-19(9-17)14-27/h2-3,11,15,17-20,28H,4-10,12-14,16H2,1H3,(H,29,32). The highest BCUT2D eigenvalue weighted by Gasteiger charge is 2.54. The molecule has 0 spiro atoms. The zero-order chi connectivity index (χ0) is 22.6. The second-order valence-electron chi connectivity index (χ2n) is 11.2. The van der Waals surface area contributed by atoms with E-state index in [0.717, 1.165) is 74.2 Å². The van der Waals surface area contributed by atoms with E-state index in [1.54, 1.807) is 7.11 Å². The van der Waals surface area contributed by atoms with Crippen LogP contribution in [0.4, 0.5) is 0 Å². The number of methoxy groups -OCH3 is 1. The predicted octanol–water partition coefficient (Wildman–Crippen LogP) is 4.22. The molecule has 5 aliphatic rings. The second-order valence-corrected chi connectivity index (χ2v) is 11.2. The molecule has 6 nitrogen and oxygen atoms in total. The van der Waals surface area contributed by atoms with Crippen LogP contribution < -0.4 is 10.1 Å². The summed E-state index contributed by atoms with van der Waals surface area (Å²) in [6.07, 6.45) is 11.1. The number of amides is 2. The molecule has 7 rings (SSSR count). The van der Waals surface area contributed by atoms with Gasteiger partial charge >= 0.3 is 0 Å². The van der Waals surface area contributed by atoms with Crippen LogP contribution in [0.25, 0.3) is 10.9 Å². The van der Waals surface area contributed by atoms with Crippen molar-refractivity contribution in [1.82, 2.24) is 15.2 Å². The van der Waals surface area contributed by atoms with Gasteiger partial charge in [-0.15, -0.1) is 0 Å². The number of ether oxygens (including phenoxy) is 1. The molecule has 176 valence electrons. The Morgan fingerprint density at radius 3 is 2.39 bits per heavy atom. The third-order valence-electron chi connectivity index (χ3n) is 9.13. The number of rotatable bonds is 5. The van der Waals surface area contributed by atoms with E-state index in [1.807, 2.05) is 11.0 Å². The van der Waals surface area contributed by atoms with Gasteiger partial charge in [-0.1, -0.05) is 0 Å². The summed E-state index contributed by atoms with van der Waals surface area (Å²) in [6.45, 7) is 1.64. The van der Waals surface area contributed by atoms with Crippen molar-refractivity contribution in [1.29, 1.82) is 0 Å². The van der Waals surface area contributed by atoms with Crippen LogP contribution in [0.3, 0.4) is 0 Å². The SMILES string of the molecule is COc1ccc2[nH]cc(C3CCN(C(=O)CNC(=O)C45CC6CC(CC(C6)C4)C5)CC3)c2c1. The predicted molar refractivity (Wildman–Crippen MR) is 127 cm³/mol. The van der Waals surface area contributed by atoms with Gasteiger partial charge < -0.3 is 19.9 Å². The van der Waals surface area contributed by atoms with E-state index in [9.17, 15) is 9.59 Å². The van der Waals surface area contributed by atoms with Crippen molar-refractivity contribution in [2.45, 2.75) is 57.3 Å². The zero-order valence-corrected chi connectivity index (χ0v) is 19.6. The van der Waals surface area contributed by atoms with Gasteiger partial charge in [0.1, 0.15) is 5.75 Å². The van der Waals surface area contributed by atoms with Crippen LogP contribution in [-0.2, 0) is 9.59 Å². The zero-order valence-electron chi connectivity index (χ0n) is 19.6. The second kappa shape index (κ2) is 8.07. The lowest BCUT2D eigenvalue weighted by Gasteiger charge is -2.55. The van der Waals surface area contributed by atoms with Gasteiger partial charge in [-0.3, -0.25) is 9.59 Å². The van der Waals surface area contributed by atoms with E-state index in [4.69, 9.17) is 4.74 Å². The van der Waals surface area contributed by atoms with Crippen LogP contribution in [0.2, 0.25) is 0 Å². The van der Waals surface area contributed by atoms with E-state index >= 15 is 0 Å². The van der Waals surface area contributed by atoms with Gasteiger partial charge in [-0.05, 0) is 98.8 Å². The first-order valence-electron chi connectivity index (χ1n) is 12.7. The maximum atomic E-state index is 13.2. The number of hydrogen-bond donors (Lipinski definition) is 2. The van der Waals surface area contributed by atoms with Crippen LogP contribution >= 0.6 is 0 Å². The van der Waals surface area contributed by atoms with Gasteiger partial charge in [0, 0.05) is 35.6 Å². The average Bonchev–Trinajstić information content (AvgIpc) is 3.24. The summed E-state index contributed by atoms with van der Waals surface area (Å²) in [6, 6.07) is 6.13. The van der Waals surface area contributed by atoms with Crippen LogP contribution in [0.15, 0.2) is 24.4 Å². The van der Waals surface area contributed by atoms with E-state index in [0.29, 0.717) is 5.92 Å². The normalized spacial score (nSPS) is 31.2. The van der Waals surface area contributed by atoms with Gasteiger partial charge in [0.15, 0.2) is 0 Å². The van der Waals surface area contributed by atoms with Crippen LogP contribution in [0.1, 0.15) is 62.8 Å². The van der Waals surface area contributed by atoms with Gasteiger partial charge in [-0.25, -0.2) is 0 Å². The summed E-state index contributed by atoms with van der Waals surface area (Å²) in [5.74, 6) is 3.72. The minimum Gasteiger partial charge on any atom is -0.497 e. The van der Waals surface area contributed by atoms with Gasteiger partial charge in [-0.2, -0.15) is 0 Å². The molecular weight excluding hydrogens is 414 g/mol. The number of nitrogens with one attached hydrogen (secondary N) is 2. The van der Waals surface area contributed by atoms with Crippen molar-refractivity contribution in [2.75, 3.05) is 26.7 Å². The number of aromatic amines is 1. The number of carbonyl (C=O) groups is 2. The molecule has 4 aliphatic carbocycles. The molecule has 4 bridgehead atoms. The average molecular weight is 450 g/mol. The number of aromatic nitrogens is 1. The number of carbonyl (C=O) groups excluding carboxylic acids is 2. The fourth-order valence-electron chi connectivity index (χ4n) is 7.87. The van der Waals surface area contributed by atoms with Crippen molar-refractivity contribution < 1.29 is 14.3 Å².